The van der Waals surface area contributed by atoms with E-state index >= 15 is 0 Å². The van der Waals surface area contributed by atoms with Crippen LogP contribution in [0, 0.1) is 12.3 Å². The summed E-state index contributed by atoms with van der Waals surface area (Å²) in [5.41, 5.74) is 1.15. The first-order chi connectivity index (χ1) is 6.40. The summed E-state index contributed by atoms with van der Waals surface area (Å²) in [6.07, 6.45) is 7.50. The first-order valence-electron chi connectivity index (χ1n) is 4.27. The van der Waals surface area contributed by atoms with Gasteiger partial charge in [-0.2, -0.15) is 0 Å². The number of hydrogen-bond donors (Lipinski definition) is 0. The van der Waals surface area contributed by atoms with Crippen molar-refractivity contribution < 1.29 is 0 Å². The Bertz CT molecular complexity index is 461. The molecule has 0 heterocycles. The fraction of sp³-hybridized carbons (Fsp3) is 0.0769. The molecule has 0 amide bonds. The molecule has 0 saturated heterocycles. The molecule has 0 spiro atoms. The van der Waals surface area contributed by atoms with Crippen LogP contribution < -0.4 is 0 Å². The van der Waals surface area contributed by atoms with E-state index in [1.165, 1.54) is 10.8 Å². The zero-order chi connectivity index (χ0) is 9.10. The SMILES string of the molecule is [C]#CCc1ccc2ccccc2c1. The van der Waals surface area contributed by atoms with Crippen LogP contribution in [-0.4, -0.2) is 0 Å². The zero-order valence-electron chi connectivity index (χ0n) is 7.25. The maximum absolute atomic E-state index is 6.90. The quantitative estimate of drug-likeness (QED) is 0.570. The molecule has 0 aliphatic rings. The first kappa shape index (κ1) is 7.89. The molecule has 0 unspecified atom stereocenters. The van der Waals surface area contributed by atoms with Crippen LogP contribution in [0.5, 0.6) is 0 Å². The molecule has 0 aromatic heterocycles. The molecule has 2 rings (SSSR count). The van der Waals surface area contributed by atoms with Crippen LogP contribution in [0.1, 0.15) is 5.56 Å². The van der Waals surface area contributed by atoms with Gasteiger partial charge in [0.2, 0.25) is 0 Å². The summed E-state index contributed by atoms with van der Waals surface area (Å²) >= 11 is 0. The van der Waals surface area contributed by atoms with Crippen LogP contribution in [0.15, 0.2) is 42.5 Å². The topological polar surface area (TPSA) is 0 Å². The van der Waals surface area contributed by atoms with Gasteiger partial charge in [-0.25, -0.2) is 0 Å². The number of rotatable bonds is 1. The lowest BCUT2D eigenvalue weighted by atomic mass is 10.1. The Hall–Kier alpha value is -1.74. The molecule has 0 aliphatic carbocycles. The van der Waals surface area contributed by atoms with Gasteiger partial charge < -0.3 is 0 Å². The van der Waals surface area contributed by atoms with Crippen LogP contribution in [-0.2, 0) is 6.42 Å². The molecule has 0 N–H and O–H groups in total. The molecule has 1 radical (unpaired) electrons. The summed E-state index contributed by atoms with van der Waals surface area (Å²) in [7, 11) is 0. The first-order valence-corrected chi connectivity index (χ1v) is 4.27. The van der Waals surface area contributed by atoms with Crippen LogP contribution >= 0.6 is 0 Å². The number of hydrogen-bond acceptors (Lipinski definition) is 0. The third-order valence-corrected chi connectivity index (χ3v) is 2.11. The van der Waals surface area contributed by atoms with Gasteiger partial charge in [-0.15, -0.1) is 0 Å². The lowest BCUT2D eigenvalue weighted by molar-refractivity contribution is 1.33. The predicted molar refractivity (Wildman–Crippen MR) is 54.8 cm³/mol. The zero-order valence-corrected chi connectivity index (χ0v) is 7.25. The molecular weight excluding hydrogens is 156 g/mol. The second kappa shape index (κ2) is 3.33. The summed E-state index contributed by atoms with van der Waals surface area (Å²) in [5.74, 6) is 2.40. The molecule has 13 heavy (non-hydrogen) atoms. The molecule has 0 bridgehead atoms. The maximum atomic E-state index is 6.90. The van der Waals surface area contributed by atoms with Crippen molar-refractivity contribution in [1.29, 1.82) is 0 Å². The summed E-state index contributed by atoms with van der Waals surface area (Å²) in [5, 5.41) is 2.48. The average Bonchev–Trinajstić information content (AvgIpc) is 2.18. The van der Waals surface area contributed by atoms with Crippen molar-refractivity contribution in [2.24, 2.45) is 0 Å². The summed E-state index contributed by atoms with van der Waals surface area (Å²) < 4.78 is 0. The monoisotopic (exact) mass is 165 g/mol. The fourth-order valence-corrected chi connectivity index (χ4v) is 1.45. The minimum absolute atomic E-state index is 0.602. The maximum Gasteiger partial charge on any atom is 0.0350 e. The van der Waals surface area contributed by atoms with Crippen molar-refractivity contribution in [3.05, 3.63) is 54.5 Å². The van der Waals surface area contributed by atoms with Crippen molar-refractivity contribution in [2.75, 3.05) is 0 Å². The Balaban J connectivity index is 2.57. The Morgan fingerprint density at radius 1 is 1.00 bits per heavy atom. The van der Waals surface area contributed by atoms with Crippen LogP contribution in [0.3, 0.4) is 0 Å². The Morgan fingerprint density at radius 2 is 1.77 bits per heavy atom. The summed E-state index contributed by atoms with van der Waals surface area (Å²) in [6, 6.07) is 14.5. The van der Waals surface area contributed by atoms with E-state index in [2.05, 4.69) is 30.2 Å². The van der Waals surface area contributed by atoms with Crippen molar-refractivity contribution in [2.45, 2.75) is 6.42 Å². The van der Waals surface area contributed by atoms with Crippen LogP contribution in [0.25, 0.3) is 10.8 Å². The highest BCUT2D eigenvalue weighted by Gasteiger charge is 1.93. The van der Waals surface area contributed by atoms with E-state index in [0.29, 0.717) is 6.42 Å². The minimum Gasteiger partial charge on any atom is -0.0843 e. The van der Waals surface area contributed by atoms with E-state index in [1.807, 2.05) is 18.2 Å². The highest BCUT2D eigenvalue weighted by molar-refractivity contribution is 5.83. The van der Waals surface area contributed by atoms with E-state index < -0.39 is 0 Å². The van der Waals surface area contributed by atoms with Crippen LogP contribution in [0.2, 0.25) is 0 Å². The van der Waals surface area contributed by atoms with Crippen molar-refractivity contribution >= 4 is 10.8 Å². The lowest BCUT2D eigenvalue weighted by Crippen LogP contribution is -1.80. The normalized spacial score (nSPS) is 9.77. The van der Waals surface area contributed by atoms with Gasteiger partial charge in [0.05, 0.1) is 0 Å². The largest absolute Gasteiger partial charge is 0.0843 e. The van der Waals surface area contributed by atoms with E-state index in [4.69, 9.17) is 6.42 Å². The second-order valence-electron chi connectivity index (χ2n) is 3.04. The number of benzene rings is 2. The van der Waals surface area contributed by atoms with Gasteiger partial charge in [-0.05, 0) is 22.8 Å². The highest BCUT2D eigenvalue weighted by atomic mass is 14.0. The van der Waals surface area contributed by atoms with Gasteiger partial charge in [0.1, 0.15) is 0 Å². The molecule has 2 aromatic rings. The standard InChI is InChI=1S/C13H9/c1-2-5-11-8-9-12-6-3-4-7-13(12)10-11/h3-4,6-10H,5H2. The van der Waals surface area contributed by atoms with E-state index in [0.717, 1.165) is 5.56 Å². The van der Waals surface area contributed by atoms with Crippen molar-refractivity contribution in [3.8, 4) is 5.92 Å². The van der Waals surface area contributed by atoms with E-state index in [-0.39, 0.29) is 0 Å². The molecule has 0 fully saturated rings. The minimum atomic E-state index is 0.602. The van der Waals surface area contributed by atoms with Gasteiger partial charge in [-0.1, -0.05) is 48.4 Å². The van der Waals surface area contributed by atoms with Crippen LogP contribution in [0.4, 0.5) is 0 Å². The lowest BCUT2D eigenvalue weighted by Gasteiger charge is -1.99. The van der Waals surface area contributed by atoms with Gasteiger partial charge in [0.25, 0.3) is 0 Å². The molecule has 0 heteroatoms. The number of fused-ring (bicyclic) bond motifs is 1. The average molecular weight is 165 g/mol. The molecular formula is C13H9. The molecule has 0 nitrogen and oxygen atoms in total. The smallest absolute Gasteiger partial charge is 0.0350 e. The third-order valence-electron chi connectivity index (χ3n) is 2.11. The fourth-order valence-electron chi connectivity index (χ4n) is 1.45. The van der Waals surface area contributed by atoms with Gasteiger partial charge >= 0.3 is 0 Å². The highest BCUT2D eigenvalue weighted by Crippen LogP contribution is 2.15. The third kappa shape index (κ3) is 1.55. The molecule has 0 saturated carbocycles. The summed E-state index contributed by atoms with van der Waals surface area (Å²) in [6.45, 7) is 0. The molecule has 61 valence electrons. The summed E-state index contributed by atoms with van der Waals surface area (Å²) in [4.78, 5) is 0. The van der Waals surface area contributed by atoms with Crippen molar-refractivity contribution in [1.82, 2.24) is 0 Å². The van der Waals surface area contributed by atoms with E-state index in [1.54, 1.807) is 0 Å². The second-order valence-corrected chi connectivity index (χ2v) is 3.04. The van der Waals surface area contributed by atoms with Gasteiger partial charge in [-0.3, -0.25) is 0 Å². The molecule has 0 atom stereocenters. The van der Waals surface area contributed by atoms with E-state index in [9.17, 15) is 0 Å². The van der Waals surface area contributed by atoms with Gasteiger partial charge in [0, 0.05) is 6.42 Å². The molecule has 2 aromatic carbocycles. The Labute approximate surface area is 78.2 Å². The predicted octanol–water partition coefficient (Wildman–Crippen LogP) is 2.97. The van der Waals surface area contributed by atoms with Crippen molar-refractivity contribution in [3.63, 3.8) is 0 Å². The molecule has 0 aliphatic heterocycles. The van der Waals surface area contributed by atoms with Gasteiger partial charge in [0.15, 0.2) is 0 Å². The Morgan fingerprint density at radius 3 is 2.54 bits per heavy atom. The Kier molecular flexibility index (Phi) is 2.02.